The van der Waals surface area contributed by atoms with E-state index in [-0.39, 0.29) is 11.8 Å². The number of amides is 1. The third-order valence-electron chi connectivity index (χ3n) is 4.38. The van der Waals surface area contributed by atoms with Crippen LogP contribution in [-0.4, -0.2) is 15.8 Å². The first-order valence-corrected chi connectivity index (χ1v) is 9.29. The van der Waals surface area contributed by atoms with Gasteiger partial charge in [0.05, 0.1) is 23.7 Å². The van der Waals surface area contributed by atoms with Crippen LogP contribution in [-0.2, 0) is 17.9 Å². The van der Waals surface area contributed by atoms with Gasteiger partial charge in [-0.1, -0.05) is 60.7 Å². The zero-order chi connectivity index (χ0) is 17.6. The number of hydrogen-bond donors (Lipinski definition) is 0. The molecule has 0 unspecified atom stereocenters. The van der Waals surface area contributed by atoms with Crippen molar-refractivity contribution in [3.63, 3.8) is 0 Å². The predicted octanol–water partition coefficient (Wildman–Crippen LogP) is 4.78. The second-order valence-electron chi connectivity index (χ2n) is 6.17. The molecule has 2 aromatic carbocycles. The predicted molar refractivity (Wildman–Crippen MR) is 102 cm³/mol. The number of carbonyl (C=O) groups is 1. The Morgan fingerprint density at radius 1 is 1.04 bits per heavy atom. The van der Waals surface area contributed by atoms with Gasteiger partial charge in [-0.15, -0.1) is 11.3 Å². The quantitative estimate of drug-likeness (QED) is 0.641. The molecule has 0 saturated heterocycles. The lowest BCUT2D eigenvalue weighted by Gasteiger charge is -2.26. The van der Waals surface area contributed by atoms with Crippen molar-refractivity contribution in [2.75, 3.05) is 0 Å². The molecule has 0 aliphatic carbocycles. The van der Waals surface area contributed by atoms with Crippen molar-refractivity contribution >= 4 is 17.2 Å². The Balaban J connectivity index is 1.84. The normalized spacial score (nSPS) is 11.9. The van der Waals surface area contributed by atoms with E-state index in [9.17, 15) is 4.79 Å². The smallest absolute Gasteiger partial charge is 0.230 e. The molecule has 3 rings (SSSR count). The molecule has 0 spiro atoms. The molecule has 0 aliphatic heterocycles. The summed E-state index contributed by atoms with van der Waals surface area (Å²) in [5.41, 5.74) is 5.03. The van der Waals surface area contributed by atoms with Crippen molar-refractivity contribution in [2.24, 2.45) is 0 Å². The molecule has 0 radical (unpaired) electrons. The van der Waals surface area contributed by atoms with Gasteiger partial charge >= 0.3 is 0 Å². The molecule has 3 aromatic rings. The minimum Gasteiger partial charge on any atom is -0.333 e. The maximum Gasteiger partial charge on any atom is 0.230 e. The molecule has 3 nitrogen and oxygen atoms in total. The Labute approximate surface area is 153 Å². The maximum absolute atomic E-state index is 13.2. The van der Waals surface area contributed by atoms with E-state index in [0.29, 0.717) is 13.1 Å². The second kappa shape index (κ2) is 8.08. The van der Waals surface area contributed by atoms with Crippen LogP contribution < -0.4 is 0 Å². The summed E-state index contributed by atoms with van der Waals surface area (Å²) < 4.78 is 0. The van der Waals surface area contributed by atoms with Gasteiger partial charge in [-0.3, -0.25) is 4.79 Å². The first-order valence-electron chi connectivity index (χ1n) is 8.41. The first-order chi connectivity index (χ1) is 12.1. The van der Waals surface area contributed by atoms with Crippen molar-refractivity contribution in [2.45, 2.75) is 32.9 Å². The molecular weight excluding hydrogens is 328 g/mol. The number of carbonyl (C=O) groups excluding carboxylic acids is 1. The highest BCUT2D eigenvalue weighted by atomic mass is 32.1. The van der Waals surface area contributed by atoms with Crippen LogP contribution in [0.2, 0.25) is 0 Å². The summed E-state index contributed by atoms with van der Waals surface area (Å²) >= 11 is 1.61. The van der Waals surface area contributed by atoms with Gasteiger partial charge < -0.3 is 4.90 Å². The molecule has 128 valence electrons. The monoisotopic (exact) mass is 350 g/mol. The lowest BCUT2D eigenvalue weighted by Crippen LogP contribution is -2.33. The first kappa shape index (κ1) is 17.4. The van der Waals surface area contributed by atoms with Crippen LogP contribution in [0.15, 0.2) is 66.2 Å². The maximum atomic E-state index is 13.2. The zero-order valence-electron chi connectivity index (χ0n) is 14.6. The molecule has 0 aliphatic rings. The van der Waals surface area contributed by atoms with Crippen molar-refractivity contribution in [3.8, 4) is 0 Å². The molecule has 1 amide bonds. The van der Waals surface area contributed by atoms with Gasteiger partial charge in [0.1, 0.15) is 0 Å². The molecule has 0 saturated carbocycles. The summed E-state index contributed by atoms with van der Waals surface area (Å²) in [6.45, 7) is 5.18. The fourth-order valence-electron chi connectivity index (χ4n) is 2.83. The third-order valence-corrected chi connectivity index (χ3v) is 5.30. The molecule has 1 aromatic heterocycles. The summed E-state index contributed by atoms with van der Waals surface area (Å²) in [6, 6.07) is 20.1. The Hall–Kier alpha value is -2.46. The van der Waals surface area contributed by atoms with Crippen molar-refractivity contribution in [3.05, 3.63) is 87.9 Å². The van der Waals surface area contributed by atoms with E-state index in [1.165, 1.54) is 0 Å². The Morgan fingerprint density at radius 3 is 2.28 bits per heavy atom. The Kier molecular flexibility index (Phi) is 5.61. The molecule has 4 heteroatoms. The van der Waals surface area contributed by atoms with E-state index < -0.39 is 0 Å². The third kappa shape index (κ3) is 4.34. The molecule has 1 heterocycles. The van der Waals surface area contributed by atoms with Crippen LogP contribution in [0, 0.1) is 6.92 Å². The van der Waals surface area contributed by atoms with Crippen molar-refractivity contribution < 1.29 is 4.79 Å². The Bertz CT molecular complexity index is 814. The zero-order valence-corrected chi connectivity index (χ0v) is 15.4. The van der Waals surface area contributed by atoms with Crippen LogP contribution in [0.25, 0.3) is 0 Å². The average Bonchev–Trinajstić information content (AvgIpc) is 3.06. The highest BCUT2D eigenvalue weighted by Crippen LogP contribution is 2.23. The largest absolute Gasteiger partial charge is 0.333 e. The van der Waals surface area contributed by atoms with Gasteiger partial charge in [0.25, 0.3) is 0 Å². The topological polar surface area (TPSA) is 33.2 Å². The summed E-state index contributed by atoms with van der Waals surface area (Å²) in [6.07, 6.45) is 0. The van der Waals surface area contributed by atoms with Crippen LogP contribution in [0.1, 0.15) is 34.5 Å². The van der Waals surface area contributed by atoms with E-state index in [2.05, 4.69) is 17.1 Å². The number of benzene rings is 2. The van der Waals surface area contributed by atoms with Crippen LogP contribution in [0.3, 0.4) is 0 Å². The fourth-order valence-corrected chi connectivity index (χ4v) is 3.62. The van der Waals surface area contributed by atoms with E-state index >= 15 is 0 Å². The van der Waals surface area contributed by atoms with E-state index in [0.717, 1.165) is 21.7 Å². The Morgan fingerprint density at radius 2 is 1.68 bits per heavy atom. The van der Waals surface area contributed by atoms with Gasteiger partial charge in [0.15, 0.2) is 0 Å². The van der Waals surface area contributed by atoms with E-state index in [4.69, 9.17) is 0 Å². The van der Waals surface area contributed by atoms with Crippen LogP contribution in [0.4, 0.5) is 0 Å². The number of rotatable bonds is 6. The lowest BCUT2D eigenvalue weighted by atomic mass is 9.99. The summed E-state index contributed by atoms with van der Waals surface area (Å²) in [4.78, 5) is 20.6. The van der Waals surface area contributed by atoms with Crippen LogP contribution in [0.5, 0.6) is 0 Å². The second-order valence-corrected chi connectivity index (χ2v) is 7.11. The highest BCUT2D eigenvalue weighted by molar-refractivity contribution is 7.09. The summed E-state index contributed by atoms with van der Waals surface area (Å²) in [5.74, 6) is -0.0269. The van der Waals surface area contributed by atoms with Crippen molar-refractivity contribution in [1.29, 1.82) is 0 Å². The SMILES string of the molecule is Cc1ncsc1CN(Cc1ccccc1)C(=O)[C@H](C)c1ccccc1. The lowest BCUT2D eigenvalue weighted by molar-refractivity contribution is -0.133. The molecule has 0 bridgehead atoms. The molecular formula is C21H22N2OS. The molecule has 0 N–H and O–H groups in total. The highest BCUT2D eigenvalue weighted by Gasteiger charge is 2.23. The van der Waals surface area contributed by atoms with Crippen molar-refractivity contribution in [1.82, 2.24) is 9.88 Å². The summed E-state index contributed by atoms with van der Waals surface area (Å²) in [7, 11) is 0. The minimum absolute atomic E-state index is 0.142. The van der Waals surface area contributed by atoms with E-state index in [1.807, 2.05) is 72.8 Å². The number of aryl methyl sites for hydroxylation is 1. The number of nitrogens with zero attached hydrogens (tertiary/aromatic N) is 2. The summed E-state index contributed by atoms with van der Waals surface area (Å²) in [5, 5.41) is 0. The number of hydrogen-bond acceptors (Lipinski definition) is 3. The fraction of sp³-hybridized carbons (Fsp3) is 0.238. The average molecular weight is 350 g/mol. The number of aromatic nitrogens is 1. The minimum atomic E-state index is -0.168. The number of thiazole rings is 1. The van der Waals surface area contributed by atoms with E-state index in [1.54, 1.807) is 11.3 Å². The standard InChI is InChI=1S/C21H22N2OS/c1-16(19-11-7-4-8-12-19)21(24)23(13-18-9-5-3-6-10-18)14-20-17(2)22-15-25-20/h3-12,15-16H,13-14H2,1-2H3/t16-/m1/s1. The molecule has 0 fully saturated rings. The van der Waals surface area contributed by atoms with Gasteiger partial charge in [0, 0.05) is 11.4 Å². The van der Waals surface area contributed by atoms with Gasteiger partial charge in [0.2, 0.25) is 5.91 Å². The van der Waals surface area contributed by atoms with Gasteiger partial charge in [-0.05, 0) is 25.0 Å². The van der Waals surface area contributed by atoms with Gasteiger partial charge in [-0.2, -0.15) is 0 Å². The molecule has 1 atom stereocenters. The molecule has 25 heavy (non-hydrogen) atoms. The van der Waals surface area contributed by atoms with Gasteiger partial charge in [-0.25, -0.2) is 4.98 Å². The van der Waals surface area contributed by atoms with Crippen LogP contribution >= 0.6 is 11.3 Å².